The second-order valence-corrected chi connectivity index (χ2v) is 4.26. The molecule has 2 unspecified atom stereocenters. The highest BCUT2D eigenvalue weighted by Gasteiger charge is 2.17. The van der Waals surface area contributed by atoms with Crippen LogP contribution < -0.4 is 10.5 Å². The zero-order valence-corrected chi connectivity index (χ0v) is 10.3. The molecular formula is C15H17NO2. The normalized spacial score (nSPS) is 13.9. The first-order valence-electron chi connectivity index (χ1n) is 5.94. The lowest BCUT2D eigenvalue weighted by atomic mass is 10.0. The lowest BCUT2D eigenvalue weighted by Crippen LogP contribution is -2.24. The Morgan fingerprint density at radius 3 is 2.28 bits per heavy atom. The van der Waals surface area contributed by atoms with Gasteiger partial charge < -0.3 is 15.6 Å². The van der Waals surface area contributed by atoms with Gasteiger partial charge in [0.1, 0.15) is 11.5 Å². The highest BCUT2D eigenvalue weighted by atomic mass is 16.5. The van der Waals surface area contributed by atoms with Gasteiger partial charge in [0.2, 0.25) is 0 Å². The van der Waals surface area contributed by atoms with E-state index in [9.17, 15) is 5.11 Å². The number of aliphatic hydroxyl groups excluding tert-OH is 1. The molecule has 0 bridgehead atoms. The molecule has 0 fully saturated rings. The summed E-state index contributed by atoms with van der Waals surface area (Å²) in [6.45, 7) is 1.77. The number of aliphatic hydroxyl groups is 1. The standard InChI is InChI=1S/C15H17NO2/c1-11(16)15(17)13-9-5-6-10-14(13)18-12-7-3-2-4-8-12/h2-11,15,17H,16H2,1H3. The van der Waals surface area contributed by atoms with Crippen molar-refractivity contribution in [2.24, 2.45) is 5.73 Å². The van der Waals surface area contributed by atoms with Crippen LogP contribution in [0.2, 0.25) is 0 Å². The molecule has 3 nitrogen and oxygen atoms in total. The number of benzene rings is 2. The van der Waals surface area contributed by atoms with Crippen LogP contribution in [0.25, 0.3) is 0 Å². The van der Waals surface area contributed by atoms with Crippen molar-refractivity contribution in [3.63, 3.8) is 0 Å². The molecule has 2 rings (SSSR count). The lowest BCUT2D eigenvalue weighted by Gasteiger charge is -2.18. The van der Waals surface area contributed by atoms with Gasteiger partial charge in [-0.15, -0.1) is 0 Å². The fourth-order valence-corrected chi connectivity index (χ4v) is 1.72. The van der Waals surface area contributed by atoms with E-state index in [4.69, 9.17) is 10.5 Å². The molecular weight excluding hydrogens is 226 g/mol. The summed E-state index contributed by atoms with van der Waals surface area (Å²) >= 11 is 0. The zero-order valence-electron chi connectivity index (χ0n) is 10.3. The predicted molar refractivity (Wildman–Crippen MR) is 71.6 cm³/mol. The Hall–Kier alpha value is -1.84. The molecule has 0 aliphatic rings. The van der Waals surface area contributed by atoms with Crippen LogP contribution in [0.4, 0.5) is 0 Å². The van der Waals surface area contributed by atoms with Gasteiger partial charge in [-0.05, 0) is 25.1 Å². The second-order valence-electron chi connectivity index (χ2n) is 4.26. The highest BCUT2D eigenvalue weighted by Crippen LogP contribution is 2.30. The van der Waals surface area contributed by atoms with Gasteiger partial charge in [0.05, 0.1) is 6.10 Å². The van der Waals surface area contributed by atoms with E-state index in [2.05, 4.69) is 0 Å². The average Bonchev–Trinajstić information content (AvgIpc) is 2.39. The van der Waals surface area contributed by atoms with Crippen molar-refractivity contribution in [2.45, 2.75) is 19.1 Å². The van der Waals surface area contributed by atoms with Gasteiger partial charge in [0.15, 0.2) is 0 Å². The SMILES string of the molecule is CC(N)C(O)c1ccccc1Oc1ccccc1. The van der Waals surface area contributed by atoms with Gasteiger partial charge in [-0.3, -0.25) is 0 Å². The van der Waals surface area contributed by atoms with Crippen LogP contribution in [-0.4, -0.2) is 11.1 Å². The molecule has 3 heteroatoms. The number of para-hydroxylation sites is 2. The molecule has 0 amide bonds. The first kappa shape index (κ1) is 12.6. The Bertz CT molecular complexity index is 497. The molecule has 0 saturated carbocycles. The number of hydrogen-bond acceptors (Lipinski definition) is 3. The quantitative estimate of drug-likeness (QED) is 0.868. The molecule has 0 aliphatic carbocycles. The summed E-state index contributed by atoms with van der Waals surface area (Å²) in [4.78, 5) is 0. The molecule has 0 heterocycles. The van der Waals surface area contributed by atoms with Gasteiger partial charge in [-0.25, -0.2) is 0 Å². The van der Waals surface area contributed by atoms with E-state index in [0.717, 1.165) is 5.75 Å². The molecule has 18 heavy (non-hydrogen) atoms. The van der Waals surface area contributed by atoms with Crippen molar-refractivity contribution in [3.05, 3.63) is 60.2 Å². The molecule has 0 saturated heterocycles. The number of hydrogen-bond donors (Lipinski definition) is 2. The van der Waals surface area contributed by atoms with E-state index in [1.807, 2.05) is 54.6 Å². The number of ether oxygens (including phenoxy) is 1. The lowest BCUT2D eigenvalue weighted by molar-refractivity contribution is 0.150. The third-order valence-corrected chi connectivity index (χ3v) is 2.71. The summed E-state index contributed by atoms with van der Waals surface area (Å²) in [7, 11) is 0. The van der Waals surface area contributed by atoms with E-state index >= 15 is 0 Å². The summed E-state index contributed by atoms with van der Waals surface area (Å²) in [6.07, 6.45) is -0.732. The van der Waals surface area contributed by atoms with E-state index in [0.29, 0.717) is 11.3 Å². The molecule has 0 aromatic heterocycles. The zero-order chi connectivity index (χ0) is 13.0. The van der Waals surface area contributed by atoms with Crippen LogP contribution in [0, 0.1) is 0 Å². The largest absolute Gasteiger partial charge is 0.457 e. The Balaban J connectivity index is 2.28. The first-order chi connectivity index (χ1) is 8.68. The summed E-state index contributed by atoms with van der Waals surface area (Å²) in [5.74, 6) is 1.37. The smallest absolute Gasteiger partial charge is 0.133 e. The number of nitrogens with two attached hydrogens (primary N) is 1. The molecule has 0 aliphatic heterocycles. The van der Waals surface area contributed by atoms with Crippen LogP contribution in [0.1, 0.15) is 18.6 Å². The van der Waals surface area contributed by atoms with E-state index in [1.165, 1.54) is 0 Å². The summed E-state index contributed by atoms with van der Waals surface area (Å²) < 4.78 is 5.77. The van der Waals surface area contributed by atoms with Crippen molar-refractivity contribution in [3.8, 4) is 11.5 Å². The van der Waals surface area contributed by atoms with Crippen LogP contribution in [0.15, 0.2) is 54.6 Å². The van der Waals surface area contributed by atoms with Crippen molar-refractivity contribution in [2.75, 3.05) is 0 Å². The maximum Gasteiger partial charge on any atom is 0.133 e. The van der Waals surface area contributed by atoms with Crippen LogP contribution in [0.5, 0.6) is 11.5 Å². The summed E-state index contributed by atoms with van der Waals surface area (Å²) in [6, 6.07) is 16.5. The molecule has 3 N–H and O–H groups in total. The monoisotopic (exact) mass is 243 g/mol. The predicted octanol–water partition coefficient (Wildman–Crippen LogP) is 2.86. The van der Waals surface area contributed by atoms with E-state index in [1.54, 1.807) is 6.92 Å². The van der Waals surface area contributed by atoms with Gasteiger partial charge in [0.25, 0.3) is 0 Å². The van der Waals surface area contributed by atoms with Gasteiger partial charge in [-0.1, -0.05) is 36.4 Å². The van der Waals surface area contributed by atoms with Crippen molar-refractivity contribution in [1.82, 2.24) is 0 Å². The molecule has 0 spiro atoms. The fourth-order valence-electron chi connectivity index (χ4n) is 1.72. The molecule has 2 aromatic carbocycles. The number of rotatable bonds is 4. The maximum atomic E-state index is 10.1. The van der Waals surface area contributed by atoms with Crippen molar-refractivity contribution < 1.29 is 9.84 Å². The topological polar surface area (TPSA) is 55.5 Å². The molecule has 2 aromatic rings. The minimum atomic E-state index is -0.732. The molecule has 2 atom stereocenters. The van der Waals surface area contributed by atoms with Gasteiger partial charge >= 0.3 is 0 Å². The third kappa shape index (κ3) is 2.88. The summed E-state index contributed by atoms with van der Waals surface area (Å²) in [5, 5.41) is 10.1. The first-order valence-corrected chi connectivity index (χ1v) is 5.94. The minimum Gasteiger partial charge on any atom is -0.457 e. The van der Waals surface area contributed by atoms with E-state index in [-0.39, 0.29) is 6.04 Å². The Labute approximate surface area is 107 Å². The Kier molecular flexibility index (Phi) is 3.97. The third-order valence-electron chi connectivity index (χ3n) is 2.71. The van der Waals surface area contributed by atoms with Crippen LogP contribution in [0.3, 0.4) is 0 Å². The second kappa shape index (κ2) is 5.67. The fraction of sp³-hybridized carbons (Fsp3) is 0.200. The van der Waals surface area contributed by atoms with Gasteiger partial charge in [-0.2, -0.15) is 0 Å². The van der Waals surface area contributed by atoms with Crippen LogP contribution >= 0.6 is 0 Å². The Morgan fingerprint density at radius 1 is 1.00 bits per heavy atom. The summed E-state index contributed by atoms with van der Waals surface area (Å²) in [5.41, 5.74) is 6.43. The minimum absolute atomic E-state index is 0.342. The van der Waals surface area contributed by atoms with Crippen molar-refractivity contribution >= 4 is 0 Å². The van der Waals surface area contributed by atoms with Crippen molar-refractivity contribution in [1.29, 1.82) is 0 Å². The van der Waals surface area contributed by atoms with Crippen LogP contribution in [-0.2, 0) is 0 Å². The Morgan fingerprint density at radius 2 is 1.61 bits per heavy atom. The van der Waals surface area contributed by atoms with E-state index < -0.39 is 6.10 Å². The molecule has 94 valence electrons. The maximum absolute atomic E-state index is 10.1. The molecule has 0 radical (unpaired) electrons. The highest BCUT2D eigenvalue weighted by molar-refractivity contribution is 5.39. The van der Waals surface area contributed by atoms with Gasteiger partial charge in [0, 0.05) is 11.6 Å². The average molecular weight is 243 g/mol.